The van der Waals surface area contributed by atoms with Crippen LogP contribution in [0.5, 0.6) is 0 Å². The highest BCUT2D eigenvalue weighted by atomic mass is 16.2. The molecule has 3 nitrogen and oxygen atoms in total. The number of likely N-dealkylation sites (N-methyl/N-ethyl adjacent to an activating group) is 1. The number of hydrogen-bond acceptors (Lipinski definition) is 2. The topological polar surface area (TPSA) is 23.6 Å². The number of hydrogen-bond donors (Lipinski definition) is 0. The first kappa shape index (κ1) is 11.7. The molecule has 0 bridgehead atoms. The number of rotatable bonds is 3. The van der Waals surface area contributed by atoms with E-state index in [0.29, 0.717) is 6.04 Å². The Morgan fingerprint density at radius 2 is 2.17 bits per heavy atom. The van der Waals surface area contributed by atoms with Crippen LogP contribution in [0.25, 0.3) is 0 Å². The maximum Gasteiger partial charge on any atom is 0.254 e. The quantitative estimate of drug-likeness (QED) is 0.813. The van der Waals surface area contributed by atoms with Gasteiger partial charge in [-0.25, -0.2) is 0 Å². The normalized spacial score (nSPS) is 23.7. The molecule has 2 heterocycles. The second-order valence-corrected chi connectivity index (χ2v) is 5.27. The van der Waals surface area contributed by atoms with Crippen molar-refractivity contribution < 1.29 is 4.79 Å². The van der Waals surface area contributed by atoms with E-state index in [0.717, 1.165) is 25.2 Å². The van der Waals surface area contributed by atoms with Crippen molar-refractivity contribution in [3.05, 3.63) is 35.4 Å². The van der Waals surface area contributed by atoms with Gasteiger partial charge in [0.05, 0.1) is 0 Å². The fourth-order valence-corrected chi connectivity index (χ4v) is 3.23. The zero-order valence-corrected chi connectivity index (χ0v) is 10.9. The molecule has 3 heteroatoms. The fourth-order valence-electron chi connectivity index (χ4n) is 3.23. The van der Waals surface area contributed by atoms with Gasteiger partial charge in [0, 0.05) is 24.7 Å². The molecule has 1 fully saturated rings. The largest absolute Gasteiger partial charge is 0.333 e. The Hall–Kier alpha value is -1.35. The summed E-state index contributed by atoms with van der Waals surface area (Å²) in [5, 5.41) is 0. The number of amides is 1. The van der Waals surface area contributed by atoms with Crippen molar-refractivity contribution in [3.63, 3.8) is 0 Å². The van der Waals surface area contributed by atoms with Gasteiger partial charge in [-0.2, -0.15) is 0 Å². The highest BCUT2D eigenvalue weighted by Gasteiger charge is 2.31. The summed E-state index contributed by atoms with van der Waals surface area (Å²) in [7, 11) is 0. The van der Waals surface area contributed by atoms with Gasteiger partial charge in [-0.15, -0.1) is 0 Å². The first-order valence-electron chi connectivity index (χ1n) is 6.91. The van der Waals surface area contributed by atoms with Gasteiger partial charge in [0.25, 0.3) is 5.91 Å². The molecule has 0 unspecified atom stereocenters. The van der Waals surface area contributed by atoms with E-state index in [1.54, 1.807) is 0 Å². The molecule has 1 aromatic carbocycles. The van der Waals surface area contributed by atoms with Crippen LogP contribution < -0.4 is 0 Å². The predicted octanol–water partition coefficient (Wildman–Crippen LogP) is 2.13. The molecule has 1 aromatic rings. The van der Waals surface area contributed by atoms with Crippen molar-refractivity contribution >= 4 is 5.91 Å². The minimum absolute atomic E-state index is 0.216. The molecule has 0 aliphatic carbocycles. The number of nitrogens with zero attached hydrogens (tertiary/aromatic N) is 2. The second-order valence-electron chi connectivity index (χ2n) is 5.27. The molecule has 0 aromatic heterocycles. The zero-order valence-electron chi connectivity index (χ0n) is 10.9. The van der Waals surface area contributed by atoms with Gasteiger partial charge in [-0.05, 0) is 37.6 Å². The van der Waals surface area contributed by atoms with Crippen molar-refractivity contribution in [2.45, 2.75) is 32.4 Å². The summed E-state index contributed by atoms with van der Waals surface area (Å²) in [6, 6.07) is 8.55. The first-order chi connectivity index (χ1) is 8.79. The molecule has 0 spiro atoms. The highest BCUT2D eigenvalue weighted by Crippen LogP contribution is 2.25. The monoisotopic (exact) mass is 244 g/mol. The van der Waals surface area contributed by atoms with Crippen LogP contribution in [-0.2, 0) is 6.54 Å². The highest BCUT2D eigenvalue weighted by molar-refractivity contribution is 5.98. The Morgan fingerprint density at radius 1 is 1.33 bits per heavy atom. The maximum atomic E-state index is 12.3. The summed E-state index contributed by atoms with van der Waals surface area (Å²) < 4.78 is 0. The summed E-state index contributed by atoms with van der Waals surface area (Å²) in [5.41, 5.74) is 2.09. The van der Waals surface area contributed by atoms with Crippen LogP contribution in [0.1, 0.15) is 35.7 Å². The molecule has 2 aliphatic rings. The standard InChI is InChI=1S/C15H20N2O/c1-2-16-9-5-7-13(16)11-17-10-12-6-3-4-8-14(12)15(17)18/h3-4,6,8,13H,2,5,7,9-11H2,1H3/t13-/m1/s1. The molecule has 0 radical (unpaired) electrons. The van der Waals surface area contributed by atoms with Crippen LogP contribution in [-0.4, -0.2) is 41.4 Å². The van der Waals surface area contributed by atoms with E-state index in [1.165, 1.54) is 24.9 Å². The van der Waals surface area contributed by atoms with Crippen molar-refractivity contribution in [1.29, 1.82) is 0 Å². The molecular weight excluding hydrogens is 224 g/mol. The Balaban J connectivity index is 1.71. The van der Waals surface area contributed by atoms with E-state index in [9.17, 15) is 4.79 Å². The first-order valence-corrected chi connectivity index (χ1v) is 6.91. The maximum absolute atomic E-state index is 12.3. The van der Waals surface area contributed by atoms with E-state index in [-0.39, 0.29) is 5.91 Å². The molecule has 18 heavy (non-hydrogen) atoms. The Labute approximate surface area is 108 Å². The average molecular weight is 244 g/mol. The predicted molar refractivity (Wildman–Crippen MR) is 71.5 cm³/mol. The third-order valence-electron chi connectivity index (χ3n) is 4.23. The summed E-state index contributed by atoms with van der Waals surface area (Å²) in [4.78, 5) is 16.8. The molecule has 1 saturated heterocycles. The van der Waals surface area contributed by atoms with Gasteiger partial charge < -0.3 is 4.90 Å². The van der Waals surface area contributed by atoms with Gasteiger partial charge >= 0.3 is 0 Å². The number of benzene rings is 1. The molecule has 0 N–H and O–H groups in total. The smallest absolute Gasteiger partial charge is 0.254 e. The number of fused-ring (bicyclic) bond motifs is 1. The van der Waals surface area contributed by atoms with E-state index in [1.807, 2.05) is 23.1 Å². The number of likely N-dealkylation sites (tertiary alicyclic amines) is 1. The van der Waals surface area contributed by atoms with Gasteiger partial charge in [0.2, 0.25) is 0 Å². The summed E-state index contributed by atoms with van der Waals surface area (Å²) in [6.07, 6.45) is 2.50. The van der Waals surface area contributed by atoms with E-state index >= 15 is 0 Å². The lowest BCUT2D eigenvalue weighted by molar-refractivity contribution is 0.0731. The average Bonchev–Trinajstić information content (AvgIpc) is 2.96. The van der Waals surface area contributed by atoms with E-state index in [4.69, 9.17) is 0 Å². The molecule has 3 rings (SSSR count). The SMILES string of the molecule is CCN1CCC[C@@H]1CN1Cc2ccccc2C1=O. The molecule has 1 atom stereocenters. The second kappa shape index (κ2) is 4.73. The number of carbonyl (C=O) groups excluding carboxylic acids is 1. The lowest BCUT2D eigenvalue weighted by Crippen LogP contribution is -2.40. The van der Waals surface area contributed by atoms with Gasteiger partial charge in [-0.3, -0.25) is 9.69 Å². The van der Waals surface area contributed by atoms with Crippen LogP contribution in [0.15, 0.2) is 24.3 Å². The van der Waals surface area contributed by atoms with Crippen LogP contribution in [0.4, 0.5) is 0 Å². The molecule has 2 aliphatic heterocycles. The molecule has 96 valence electrons. The third kappa shape index (κ3) is 1.93. The van der Waals surface area contributed by atoms with Crippen LogP contribution in [0.3, 0.4) is 0 Å². The number of carbonyl (C=O) groups is 1. The fraction of sp³-hybridized carbons (Fsp3) is 0.533. The van der Waals surface area contributed by atoms with Crippen molar-refractivity contribution in [1.82, 2.24) is 9.80 Å². The summed E-state index contributed by atoms with van der Waals surface area (Å²) in [5.74, 6) is 0.216. The summed E-state index contributed by atoms with van der Waals surface area (Å²) in [6.45, 7) is 6.18. The van der Waals surface area contributed by atoms with Gasteiger partial charge in [0.1, 0.15) is 0 Å². The molecule has 1 amide bonds. The van der Waals surface area contributed by atoms with Gasteiger partial charge in [0.15, 0.2) is 0 Å². The van der Waals surface area contributed by atoms with Crippen LogP contribution in [0.2, 0.25) is 0 Å². The molecule has 0 saturated carbocycles. The van der Waals surface area contributed by atoms with E-state index < -0.39 is 0 Å². The van der Waals surface area contributed by atoms with Crippen molar-refractivity contribution in [2.75, 3.05) is 19.6 Å². The summed E-state index contributed by atoms with van der Waals surface area (Å²) >= 11 is 0. The molecular formula is C15H20N2O. The Bertz CT molecular complexity index is 458. The van der Waals surface area contributed by atoms with Crippen LogP contribution in [0, 0.1) is 0 Å². The van der Waals surface area contributed by atoms with E-state index in [2.05, 4.69) is 17.9 Å². The minimum atomic E-state index is 0.216. The Kier molecular flexibility index (Phi) is 3.08. The van der Waals surface area contributed by atoms with Gasteiger partial charge in [-0.1, -0.05) is 25.1 Å². The lowest BCUT2D eigenvalue weighted by Gasteiger charge is -2.27. The van der Waals surface area contributed by atoms with Crippen molar-refractivity contribution in [2.24, 2.45) is 0 Å². The van der Waals surface area contributed by atoms with Crippen LogP contribution >= 0.6 is 0 Å². The zero-order chi connectivity index (χ0) is 12.5. The third-order valence-corrected chi connectivity index (χ3v) is 4.23. The minimum Gasteiger partial charge on any atom is -0.333 e. The lowest BCUT2D eigenvalue weighted by atomic mass is 10.1. The Morgan fingerprint density at radius 3 is 2.94 bits per heavy atom. The van der Waals surface area contributed by atoms with Crippen molar-refractivity contribution in [3.8, 4) is 0 Å².